The van der Waals surface area contributed by atoms with Gasteiger partial charge in [0.1, 0.15) is 17.3 Å². The summed E-state index contributed by atoms with van der Waals surface area (Å²) in [7, 11) is 1.85. The lowest BCUT2D eigenvalue weighted by atomic mass is 9.96. The Morgan fingerprint density at radius 2 is 2.30 bits per heavy atom. The Kier molecular flexibility index (Phi) is 4.06. The first-order valence-electron chi connectivity index (χ1n) is 7.57. The number of nitrogens with one attached hydrogen (secondary N) is 2. The molecule has 23 heavy (non-hydrogen) atoms. The van der Waals surface area contributed by atoms with Gasteiger partial charge in [0.05, 0.1) is 6.61 Å². The van der Waals surface area contributed by atoms with Gasteiger partial charge in [0.15, 0.2) is 0 Å². The van der Waals surface area contributed by atoms with E-state index in [1.165, 1.54) is 0 Å². The number of carbonyl (C=O) groups is 1. The first kappa shape index (κ1) is 15.1. The third-order valence-corrected chi connectivity index (χ3v) is 4.16. The number of nitrogen functional groups attached to an aromatic ring is 1. The van der Waals surface area contributed by atoms with Crippen LogP contribution in [0.1, 0.15) is 34.0 Å². The smallest absolute Gasteiger partial charge is 0.267 e. The molecule has 0 saturated carbocycles. The van der Waals surface area contributed by atoms with Crippen LogP contribution in [0.15, 0.2) is 36.5 Å². The van der Waals surface area contributed by atoms with Gasteiger partial charge < -0.3 is 20.4 Å². The van der Waals surface area contributed by atoms with E-state index in [1.807, 2.05) is 31.4 Å². The van der Waals surface area contributed by atoms with E-state index >= 15 is 0 Å². The Morgan fingerprint density at radius 1 is 1.48 bits per heavy atom. The Hall–Kier alpha value is -2.76. The molecule has 3 rings (SSSR count). The van der Waals surface area contributed by atoms with E-state index in [2.05, 4.69) is 5.32 Å². The van der Waals surface area contributed by atoms with Crippen molar-refractivity contribution in [1.82, 2.24) is 9.88 Å². The molecular weight excluding hydrogens is 292 g/mol. The third-order valence-electron chi connectivity index (χ3n) is 4.16. The van der Waals surface area contributed by atoms with Crippen LogP contribution in [0.4, 0.5) is 0 Å². The summed E-state index contributed by atoms with van der Waals surface area (Å²) < 4.78 is 7.46. The van der Waals surface area contributed by atoms with E-state index < -0.39 is 0 Å². The lowest BCUT2D eigenvalue weighted by molar-refractivity contribution is 0.0944. The van der Waals surface area contributed by atoms with E-state index in [0.717, 1.165) is 17.7 Å². The lowest BCUT2D eigenvalue weighted by Crippen LogP contribution is -2.27. The molecule has 4 N–H and O–H groups in total. The van der Waals surface area contributed by atoms with Gasteiger partial charge in [-0.1, -0.05) is 0 Å². The van der Waals surface area contributed by atoms with E-state index in [9.17, 15) is 4.79 Å². The number of ether oxygens (including phenoxy) is 1. The first-order valence-corrected chi connectivity index (χ1v) is 7.57. The molecule has 1 atom stereocenters. The minimum absolute atomic E-state index is 0.0514. The summed E-state index contributed by atoms with van der Waals surface area (Å²) in [5, 5.41) is 10.5. The summed E-state index contributed by atoms with van der Waals surface area (Å²) in [5.74, 6) is 1.02. The average molecular weight is 312 g/mol. The zero-order chi connectivity index (χ0) is 16.4. The molecule has 6 heteroatoms. The highest BCUT2D eigenvalue weighted by Crippen LogP contribution is 2.36. The number of rotatable bonds is 5. The van der Waals surface area contributed by atoms with Crippen LogP contribution < -0.4 is 15.8 Å². The number of aryl methyl sites for hydroxylation is 1. The fourth-order valence-corrected chi connectivity index (χ4v) is 2.83. The van der Waals surface area contributed by atoms with E-state index in [4.69, 9.17) is 15.9 Å². The molecule has 2 heterocycles. The molecule has 1 aromatic heterocycles. The van der Waals surface area contributed by atoms with Crippen LogP contribution in [0.3, 0.4) is 0 Å². The van der Waals surface area contributed by atoms with Crippen LogP contribution in [-0.2, 0) is 7.05 Å². The molecule has 0 fully saturated rings. The Labute approximate surface area is 134 Å². The minimum atomic E-state index is -0.0749. The first-order chi connectivity index (χ1) is 11.1. The summed E-state index contributed by atoms with van der Waals surface area (Å²) >= 11 is 0. The predicted molar refractivity (Wildman–Crippen MR) is 88.1 cm³/mol. The largest absolute Gasteiger partial charge is 0.493 e. The maximum absolute atomic E-state index is 12.1. The fourth-order valence-electron chi connectivity index (χ4n) is 2.83. The highest BCUT2D eigenvalue weighted by atomic mass is 16.5. The number of nitrogens with zero attached hydrogens (tertiary/aromatic N) is 1. The molecule has 0 bridgehead atoms. The summed E-state index contributed by atoms with van der Waals surface area (Å²) in [4.78, 5) is 12.1. The van der Waals surface area contributed by atoms with Crippen LogP contribution in [0.25, 0.3) is 0 Å². The topological polar surface area (TPSA) is 93.1 Å². The van der Waals surface area contributed by atoms with E-state index in [0.29, 0.717) is 24.4 Å². The van der Waals surface area contributed by atoms with Crippen LogP contribution in [0.5, 0.6) is 5.75 Å². The zero-order valence-corrected chi connectivity index (χ0v) is 13.0. The Balaban J connectivity index is 1.61. The van der Waals surface area contributed by atoms with Gasteiger partial charge in [-0.05, 0) is 36.8 Å². The van der Waals surface area contributed by atoms with Crippen molar-refractivity contribution in [1.29, 1.82) is 5.41 Å². The molecule has 1 amide bonds. The van der Waals surface area contributed by atoms with Gasteiger partial charge in [0.25, 0.3) is 5.91 Å². The molecule has 1 aromatic carbocycles. The van der Waals surface area contributed by atoms with Crippen molar-refractivity contribution in [3.63, 3.8) is 0 Å². The zero-order valence-electron chi connectivity index (χ0n) is 13.0. The van der Waals surface area contributed by atoms with Gasteiger partial charge >= 0.3 is 0 Å². The molecule has 0 aliphatic carbocycles. The molecule has 1 aliphatic heterocycles. The minimum Gasteiger partial charge on any atom is -0.493 e. The van der Waals surface area contributed by atoms with Crippen LogP contribution in [0, 0.1) is 5.41 Å². The maximum Gasteiger partial charge on any atom is 0.267 e. The fraction of sp³-hybridized carbons (Fsp3) is 0.294. The van der Waals surface area contributed by atoms with Crippen molar-refractivity contribution in [2.45, 2.75) is 12.3 Å². The Bertz CT molecular complexity index is 751. The van der Waals surface area contributed by atoms with Gasteiger partial charge in [-0.25, -0.2) is 0 Å². The highest BCUT2D eigenvalue weighted by Gasteiger charge is 2.24. The number of carbonyl (C=O) groups excluding carboxylic acids is 1. The van der Waals surface area contributed by atoms with Crippen molar-refractivity contribution in [3.8, 4) is 5.75 Å². The van der Waals surface area contributed by atoms with Crippen molar-refractivity contribution in [2.24, 2.45) is 12.8 Å². The average Bonchev–Trinajstić information content (AvgIpc) is 3.13. The van der Waals surface area contributed by atoms with Crippen molar-refractivity contribution >= 4 is 11.7 Å². The van der Waals surface area contributed by atoms with Gasteiger partial charge in [0.2, 0.25) is 0 Å². The molecule has 0 radical (unpaired) electrons. The normalized spacial score (nSPS) is 15.8. The number of fused-ring (bicyclic) bond motifs is 1. The molecule has 6 nitrogen and oxygen atoms in total. The van der Waals surface area contributed by atoms with Crippen molar-refractivity contribution < 1.29 is 9.53 Å². The van der Waals surface area contributed by atoms with Crippen molar-refractivity contribution in [2.75, 3.05) is 13.2 Å². The van der Waals surface area contributed by atoms with Crippen LogP contribution >= 0.6 is 0 Å². The molecule has 1 aliphatic rings. The molecule has 120 valence electrons. The summed E-state index contributed by atoms with van der Waals surface area (Å²) in [6.07, 6.45) is 2.63. The van der Waals surface area contributed by atoms with E-state index in [1.54, 1.807) is 16.7 Å². The quantitative estimate of drug-likeness (QED) is 0.578. The van der Waals surface area contributed by atoms with E-state index in [-0.39, 0.29) is 17.7 Å². The molecule has 0 spiro atoms. The second kappa shape index (κ2) is 6.16. The third kappa shape index (κ3) is 3.06. The Morgan fingerprint density at radius 3 is 3.00 bits per heavy atom. The van der Waals surface area contributed by atoms with Crippen LogP contribution in [-0.4, -0.2) is 29.5 Å². The standard InChI is InChI=1S/C17H20N4O2/c1-21-8-2-3-14(21)17(22)20-7-6-12-10-23-15-5-4-11(16(18)19)9-13(12)15/h2-5,8-9,12H,6-7,10H2,1H3,(H3,18,19)(H,20,22). The highest BCUT2D eigenvalue weighted by molar-refractivity contribution is 5.95. The molecule has 0 saturated heterocycles. The number of aromatic nitrogens is 1. The van der Waals surface area contributed by atoms with Gasteiger partial charge in [-0.3, -0.25) is 10.2 Å². The number of benzene rings is 1. The second-order valence-corrected chi connectivity index (χ2v) is 5.72. The van der Waals surface area contributed by atoms with Crippen LogP contribution in [0.2, 0.25) is 0 Å². The lowest BCUT2D eigenvalue weighted by Gasteiger charge is -2.11. The number of amides is 1. The number of amidine groups is 1. The van der Waals surface area contributed by atoms with Gasteiger partial charge in [-0.15, -0.1) is 0 Å². The maximum atomic E-state index is 12.1. The SMILES string of the molecule is Cn1cccc1C(=O)NCCC1COc2ccc(C(=N)N)cc21. The number of hydrogen-bond acceptors (Lipinski definition) is 3. The van der Waals surface area contributed by atoms with Crippen molar-refractivity contribution in [3.05, 3.63) is 53.3 Å². The van der Waals surface area contributed by atoms with Gasteiger partial charge in [-0.2, -0.15) is 0 Å². The molecule has 2 aromatic rings. The number of hydrogen-bond donors (Lipinski definition) is 3. The summed E-state index contributed by atoms with van der Waals surface area (Å²) in [5.41, 5.74) is 7.95. The second-order valence-electron chi connectivity index (χ2n) is 5.72. The number of nitrogens with two attached hydrogens (primary N) is 1. The molecular formula is C17H20N4O2. The monoisotopic (exact) mass is 312 g/mol. The summed E-state index contributed by atoms with van der Waals surface area (Å²) in [6, 6.07) is 9.20. The predicted octanol–water partition coefficient (Wildman–Crippen LogP) is 1.61. The molecule has 1 unspecified atom stereocenters. The summed E-state index contributed by atoms with van der Waals surface area (Å²) in [6.45, 7) is 1.17. The van der Waals surface area contributed by atoms with Gasteiger partial charge in [0, 0.05) is 36.8 Å².